The van der Waals surface area contributed by atoms with E-state index in [1.807, 2.05) is 6.42 Å². The summed E-state index contributed by atoms with van der Waals surface area (Å²) in [6, 6.07) is -0.744. The zero-order valence-electron chi connectivity index (χ0n) is 8.88. The van der Waals surface area contributed by atoms with Crippen LogP contribution in [0, 0.1) is 6.42 Å². The Bertz CT molecular complexity index is 339. The van der Waals surface area contributed by atoms with E-state index in [-0.39, 0.29) is 0 Å². The van der Waals surface area contributed by atoms with E-state index >= 15 is 0 Å². The maximum atomic E-state index is 11.8. The van der Waals surface area contributed by atoms with Crippen molar-refractivity contribution in [1.82, 2.24) is 8.61 Å². The Morgan fingerprint density at radius 2 is 2.13 bits per heavy atom. The number of hydrogen-bond donors (Lipinski definition) is 1. The van der Waals surface area contributed by atoms with E-state index in [2.05, 4.69) is 0 Å². The molecule has 15 heavy (non-hydrogen) atoms. The van der Waals surface area contributed by atoms with Crippen LogP contribution in [0.5, 0.6) is 0 Å². The molecule has 1 fully saturated rings. The summed E-state index contributed by atoms with van der Waals surface area (Å²) in [5.41, 5.74) is 5.17. The fraction of sp³-hybridized carbons (Fsp3) is 0.750. The lowest BCUT2D eigenvalue weighted by atomic mass is 10.0. The maximum absolute atomic E-state index is 11.8. The number of carbonyl (C=O) groups excluding carboxylic acids is 1. The number of hydrogen-bond acceptors (Lipinski definition) is 3. The highest BCUT2D eigenvalue weighted by atomic mass is 32.2. The molecular weight excluding hydrogens is 218 g/mol. The van der Waals surface area contributed by atoms with Crippen LogP contribution in [-0.4, -0.2) is 49.6 Å². The molecule has 1 aliphatic heterocycles. The Kier molecular flexibility index (Phi) is 3.69. The second-order valence-electron chi connectivity index (χ2n) is 3.63. The molecule has 2 N–H and O–H groups in total. The number of carbonyl (C=O) groups is 1. The van der Waals surface area contributed by atoms with Gasteiger partial charge in [-0.25, -0.2) is 0 Å². The lowest BCUT2D eigenvalue weighted by Crippen LogP contribution is -2.53. The van der Waals surface area contributed by atoms with Crippen LogP contribution in [0.3, 0.4) is 0 Å². The largest absolute Gasteiger partial charge is 0.368 e. The smallest absolute Gasteiger partial charge is 0.282 e. The highest BCUT2D eigenvalue weighted by Crippen LogP contribution is 2.20. The van der Waals surface area contributed by atoms with Gasteiger partial charge in [-0.3, -0.25) is 4.79 Å². The van der Waals surface area contributed by atoms with Gasteiger partial charge in [0.25, 0.3) is 10.2 Å². The topological polar surface area (TPSA) is 83.7 Å². The Labute approximate surface area is 90.2 Å². The summed E-state index contributed by atoms with van der Waals surface area (Å²) in [5.74, 6) is -0.601. The van der Waals surface area contributed by atoms with Crippen molar-refractivity contribution in [2.75, 3.05) is 20.6 Å². The molecule has 0 bridgehead atoms. The molecule has 6 nitrogen and oxygen atoms in total. The first-order valence-electron chi connectivity index (χ1n) is 4.67. The lowest BCUT2D eigenvalue weighted by Gasteiger charge is -2.34. The summed E-state index contributed by atoms with van der Waals surface area (Å²) in [6.07, 6.45) is 2.93. The number of rotatable bonds is 3. The molecule has 1 amide bonds. The van der Waals surface area contributed by atoms with E-state index in [4.69, 9.17) is 5.73 Å². The molecule has 1 saturated heterocycles. The van der Waals surface area contributed by atoms with Crippen LogP contribution >= 0.6 is 0 Å². The predicted octanol–water partition coefficient (Wildman–Crippen LogP) is -1.05. The van der Waals surface area contributed by atoms with Crippen LogP contribution in [0.2, 0.25) is 0 Å². The van der Waals surface area contributed by atoms with Gasteiger partial charge in [0.2, 0.25) is 5.91 Å². The fourth-order valence-corrected chi connectivity index (χ4v) is 2.78. The van der Waals surface area contributed by atoms with Crippen molar-refractivity contribution in [3.05, 3.63) is 6.42 Å². The highest BCUT2D eigenvalue weighted by molar-refractivity contribution is 7.86. The molecule has 87 valence electrons. The zero-order valence-corrected chi connectivity index (χ0v) is 9.70. The Balaban J connectivity index is 2.95. The van der Waals surface area contributed by atoms with Crippen LogP contribution in [0.25, 0.3) is 0 Å². The zero-order chi connectivity index (χ0) is 11.6. The molecule has 1 atom stereocenters. The molecule has 1 rings (SSSR count). The minimum atomic E-state index is -3.55. The Morgan fingerprint density at radius 1 is 1.53 bits per heavy atom. The molecule has 1 radical (unpaired) electrons. The Hall–Kier alpha value is -0.660. The average molecular weight is 234 g/mol. The number of nitrogens with zero attached hydrogens (tertiary/aromatic N) is 2. The van der Waals surface area contributed by atoms with E-state index < -0.39 is 22.2 Å². The average Bonchev–Trinajstić information content (AvgIpc) is 2.17. The van der Waals surface area contributed by atoms with Gasteiger partial charge in [-0.15, -0.1) is 0 Å². The maximum Gasteiger partial charge on any atom is 0.282 e. The third kappa shape index (κ3) is 2.47. The molecular formula is C8H16N3O3S. The quantitative estimate of drug-likeness (QED) is 0.676. The first-order valence-corrected chi connectivity index (χ1v) is 6.07. The van der Waals surface area contributed by atoms with E-state index in [9.17, 15) is 13.2 Å². The van der Waals surface area contributed by atoms with Crippen LogP contribution in [0.4, 0.5) is 0 Å². The molecule has 0 aliphatic carbocycles. The summed E-state index contributed by atoms with van der Waals surface area (Å²) in [6.45, 7) is 0.314. The molecule has 1 unspecified atom stereocenters. The molecule has 1 heterocycles. The molecule has 0 aromatic carbocycles. The first-order chi connectivity index (χ1) is 6.87. The van der Waals surface area contributed by atoms with Crippen molar-refractivity contribution in [2.24, 2.45) is 5.73 Å². The van der Waals surface area contributed by atoms with E-state index in [1.54, 1.807) is 0 Å². The molecule has 0 aromatic rings. The van der Waals surface area contributed by atoms with Gasteiger partial charge in [0, 0.05) is 20.6 Å². The van der Waals surface area contributed by atoms with Gasteiger partial charge in [0.1, 0.15) is 6.04 Å². The van der Waals surface area contributed by atoms with E-state index in [1.165, 1.54) is 14.1 Å². The number of nitrogens with two attached hydrogens (primary N) is 1. The molecule has 0 saturated carbocycles. The van der Waals surface area contributed by atoms with Crippen molar-refractivity contribution in [2.45, 2.75) is 18.9 Å². The Morgan fingerprint density at radius 3 is 2.60 bits per heavy atom. The second-order valence-corrected chi connectivity index (χ2v) is 5.73. The van der Waals surface area contributed by atoms with Crippen molar-refractivity contribution < 1.29 is 13.2 Å². The summed E-state index contributed by atoms with van der Waals surface area (Å²) in [7, 11) is -0.676. The van der Waals surface area contributed by atoms with Gasteiger partial charge in [-0.2, -0.15) is 17.0 Å². The van der Waals surface area contributed by atoms with Crippen molar-refractivity contribution in [3.63, 3.8) is 0 Å². The van der Waals surface area contributed by atoms with Gasteiger partial charge >= 0.3 is 0 Å². The van der Waals surface area contributed by atoms with Crippen LogP contribution in [-0.2, 0) is 15.0 Å². The van der Waals surface area contributed by atoms with Gasteiger partial charge in [-0.05, 0) is 19.3 Å². The molecule has 1 aliphatic rings. The number of primary amides is 1. The monoisotopic (exact) mass is 234 g/mol. The SMILES string of the molecule is CN(C)S(=O)(=O)N1CC[CH]CC1C(N)=O. The predicted molar refractivity (Wildman–Crippen MR) is 55.8 cm³/mol. The highest BCUT2D eigenvalue weighted by Gasteiger charge is 2.36. The third-order valence-electron chi connectivity index (χ3n) is 2.38. The van der Waals surface area contributed by atoms with E-state index in [0.29, 0.717) is 19.4 Å². The van der Waals surface area contributed by atoms with Gasteiger partial charge in [-0.1, -0.05) is 0 Å². The van der Waals surface area contributed by atoms with Crippen LogP contribution < -0.4 is 5.73 Å². The standard InChI is InChI=1S/C8H16N3O3S/c1-10(2)15(13,14)11-6-4-3-5-7(11)8(9)12/h3,7H,4-6H2,1-2H3,(H2,9,12). The first kappa shape index (κ1) is 12.4. The van der Waals surface area contributed by atoms with Gasteiger partial charge in [0.15, 0.2) is 0 Å². The lowest BCUT2D eigenvalue weighted by molar-refractivity contribution is -0.122. The third-order valence-corrected chi connectivity index (χ3v) is 4.33. The summed E-state index contributed by atoms with van der Waals surface area (Å²) >= 11 is 0. The van der Waals surface area contributed by atoms with Gasteiger partial charge < -0.3 is 5.73 Å². The van der Waals surface area contributed by atoms with Crippen molar-refractivity contribution in [1.29, 1.82) is 0 Å². The normalized spacial score (nSPS) is 24.3. The number of piperidine rings is 1. The fourth-order valence-electron chi connectivity index (χ4n) is 1.51. The summed E-state index contributed by atoms with van der Waals surface area (Å²) in [4.78, 5) is 11.1. The molecule has 0 aromatic heterocycles. The second kappa shape index (κ2) is 4.46. The molecule has 0 spiro atoms. The van der Waals surface area contributed by atoms with Crippen LogP contribution in [0.15, 0.2) is 0 Å². The summed E-state index contributed by atoms with van der Waals surface area (Å²) in [5, 5.41) is 0. The minimum Gasteiger partial charge on any atom is -0.368 e. The van der Waals surface area contributed by atoms with Crippen molar-refractivity contribution in [3.8, 4) is 0 Å². The van der Waals surface area contributed by atoms with Gasteiger partial charge in [0.05, 0.1) is 0 Å². The summed E-state index contributed by atoms with van der Waals surface area (Å²) < 4.78 is 25.9. The van der Waals surface area contributed by atoms with E-state index in [0.717, 1.165) is 8.61 Å². The molecule has 7 heteroatoms. The minimum absolute atomic E-state index is 0.314. The van der Waals surface area contributed by atoms with Crippen LogP contribution in [0.1, 0.15) is 12.8 Å². The number of amides is 1. The van der Waals surface area contributed by atoms with Crippen molar-refractivity contribution >= 4 is 16.1 Å².